The van der Waals surface area contributed by atoms with E-state index in [-0.39, 0.29) is 0 Å². The lowest BCUT2D eigenvalue weighted by molar-refractivity contribution is -0.132. The molecule has 1 atom stereocenters. The molecule has 2 N–H and O–H groups in total. The summed E-state index contributed by atoms with van der Waals surface area (Å²) >= 11 is 0. The summed E-state index contributed by atoms with van der Waals surface area (Å²) in [6, 6.07) is 0.343. The summed E-state index contributed by atoms with van der Waals surface area (Å²) < 4.78 is 0. The van der Waals surface area contributed by atoms with Gasteiger partial charge >= 0.3 is 0 Å². The SMILES string of the molecule is CC1CCCN(C(=O)CN2CCC(N)CC2)CC1. The van der Waals surface area contributed by atoms with Crippen molar-refractivity contribution in [3.63, 3.8) is 0 Å². The molecule has 0 aromatic rings. The van der Waals surface area contributed by atoms with E-state index in [1.165, 1.54) is 6.42 Å². The Kier molecular flexibility index (Phi) is 5.01. The molecule has 2 heterocycles. The maximum absolute atomic E-state index is 12.3. The van der Waals surface area contributed by atoms with E-state index in [2.05, 4.69) is 16.7 Å². The zero-order valence-corrected chi connectivity index (χ0v) is 11.6. The fourth-order valence-electron chi connectivity index (χ4n) is 2.91. The minimum absolute atomic E-state index is 0.319. The average Bonchev–Trinajstić information content (AvgIpc) is 2.57. The topological polar surface area (TPSA) is 49.6 Å². The van der Waals surface area contributed by atoms with E-state index in [0.29, 0.717) is 18.5 Å². The predicted octanol–water partition coefficient (Wildman–Crippen LogP) is 1.06. The van der Waals surface area contributed by atoms with Crippen LogP contribution in [0, 0.1) is 5.92 Å². The monoisotopic (exact) mass is 253 g/mol. The molecule has 0 aromatic carbocycles. The molecule has 2 aliphatic rings. The normalized spacial score (nSPS) is 28.1. The van der Waals surface area contributed by atoms with Gasteiger partial charge in [0.2, 0.25) is 5.91 Å². The molecular formula is C14H27N3O. The fourth-order valence-corrected chi connectivity index (χ4v) is 2.91. The summed E-state index contributed by atoms with van der Waals surface area (Å²) in [5, 5.41) is 0. The van der Waals surface area contributed by atoms with Crippen LogP contribution in [0.1, 0.15) is 39.0 Å². The largest absolute Gasteiger partial charge is 0.342 e. The Bertz CT molecular complexity index is 274. The molecule has 2 fully saturated rings. The maximum atomic E-state index is 12.3. The van der Waals surface area contributed by atoms with Gasteiger partial charge in [-0.2, -0.15) is 0 Å². The first-order valence-electron chi connectivity index (χ1n) is 7.41. The zero-order valence-electron chi connectivity index (χ0n) is 11.6. The molecule has 0 saturated carbocycles. The molecule has 0 spiro atoms. The first kappa shape index (κ1) is 13.8. The number of hydrogen-bond donors (Lipinski definition) is 1. The van der Waals surface area contributed by atoms with Crippen LogP contribution in [0.2, 0.25) is 0 Å². The van der Waals surface area contributed by atoms with Gasteiger partial charge < -0.3 is 10.6 Å². The molecule has 104 valence electrons. The third kappa shape index (κ3) is 3.95. The van der Waals surface area contributed by atoms with Crippen LogP contribution in [0.4, 0.5) is 0 Å². The molecule has 2 saturated heterocycles. The van der Waals surface area contributed by atoms with Crippen molar-refractivity contribution >= 4 is 5.91 Å². The smallest absolute Gasteiger partial charge is 0.236 e. The van der Waals surface area contributed by atoms with Crippen LogP contribution in [0.5, 0.6) is 0 Å². The van der Waals surface area contributed by atoms with Crippen molar-refractivity contribution in [1.82, 2.24) is 9.80 Å². The van der Waals surface area contributed by atoms with E-state index in [0.717, 1.165) is 57.8 Å². The molecule has 2 aliphatic heterocycles. The van der Waals surface area contributed by atoms with E-state index in [9.17, 15) is 4.79 Å². The van der Waals surface area contributed by atoms with Crippen LogP contribution in [-0.4, -0.2) is 54.5 Å². The van der Waals surface area contributed by atoms with Gasteiger partial charge in [0, 0.05) is 32.2 Å². The first-order chi connectivity index (χ1) is 8.65. The van der Waals surface area contributed by atoms with Crippen LogP contribution < -0.4 is 5.73 Å². The molecule has 4 heteroatoms. The second-order valence-corrected chi connectivity index (χ2v) is 6.03. The summed E-state index contributed by atoms with van der Waals surface area (Å²) in [4.78, 5) is 16.6. The number of hydrogen-bond acceptors (Lipinski definition) is 3. The molecule has 0 aromatic heterocycles. The van der Waals surface area contributed by atoms with E-state index in [4.69, 9.17) is 5.73 Å². The van der Waals surface area contributed by atoms with Gasteiger partial charge in [-0.05, 0) is 38.0 Å². The molecule has 1 unspecified atom stereocenters. The van der Waals surface area contributed by atoms with E-state index >= 15 is 0 Å². The number of carbonyl (C=O) groups excluding carboxylic acids is 1. The van der Waals surface area contributed by atoms with Crippen molar-refractivity contribution in [3.05, 3.63) is 0 Å². The quantitative estimate of drug-likeness (QED) is 0.800. The highest BCUT2D eigenvalue weighted by Gasteiger charge is 2.22. The van der Waals surface area contributed by atoms with Crippen LogP contribution >= 0.6 is 0 Å². The average molecular weight is 253 g/mol. The Morgan fingerprint density at radius 3 is 2.56 bits per heavy atom. The molecule has 0 radical (unpaired) electrons. The second kappa shape index (κ2) is 6.53. The van der Waals surface area contributed by atoms with Crippen molar-refractivity contribution in [1.29, 1.82) is 0 Å². The summed E-state index contributed by atoms with van der Waals surface area (Å²) in [5.41, 5.74) is 5.88. The van der Waals surface area contributed by atoms with Gasteiger partial charge in [-0.25, -0.2) is 0 Å². The number of likely N-dealkylation sites (tertiary alicyclic amines) is 2. The Labute approximate surface area is 110 Å². The fraction of sp³-hybridized carbons (Fsp3) is 0.929. The predicted molar refractivity (Wildman–Crippen MR) is 73.2 cm³/mol. The summed E-state index contributed by atoms with van der Waals surface area (Å²) in [6.07, 6.45) is 5.66. The minimum Gasteiger partial charge on any atom is -0.342 e. The van der Waals surface area contributed by atoms with Crippen molar-refractivity contribution in [3.8, 4) is 0 Å². The van der Waals surface area contributed by atoms with Crippen molar-refractivity contribution in [2.75, 3.05) is 32.7 Å². The molecule has 0 aliphatic carbocycles. The second-order valence-electron chi connectivity index (χ2n) is 6.03. The summed E-state index contributed by atoms with van der Waals surface area (Å²) in [5.74, 6) is 1.09. The summed E-state index contributed by atoms with van der Waals surface area (Å²) in [7, 11) is 0. The lowest BCUT2D eigenvalue weighted by atomic mass is 10.0. The third-order valence-electron chi connectivity index (χ3n) is 4.36. The molecular weight excluding hydrogens is 226 g/mol. The number of rotatable bonds is 2. The first-order valence-corrected chi connectivity index (χ1v) is 7.41. The van der Waals surface area contributed by atoms with Crippen LogP contribution in [-0.2, 0) is 4.79 Å². The van der Waals surface area contributed by atoms with Crippen LogP contribution in [0.3, 0.4) is 0 Å². The minimum atomic E-state index is 0.319. The number of nitrogens with two attached hydrogens (primary N) is 1. The van der Waals surface area contributed by atoms with Crippen molar-refractivity contribution in [2.24, 2.45) is 11.7 Å². The van der Waals surface area contributed by atoms with Crippen molar-refractivity contribution in [2.45, 2.75) is 45.1 Å². The van der Waals surface area contributed by atoms with Gasteiger partial charge in [-0.1, -0.05) is 6.92 Å². The maximum Gasteiger partial charge on any atom is 0.236 e. The summed E-state index contributed by atoms with van der Waals surface area (Å²) in [6.45, 7) is 6.76. The van der Waals surface area contributed by atoms with Crippen molar-refractivity contribution < 1.29 is 4.79 Å². The highest BCUT2D eigenvalue weighted by Crippen LogP contribution is 2.17. The highest BCUT2D eigenvalue weighted by molar-refractivity contribution is 5.78. The van der Waals surface area contributed by atoms with E-state index in [1.807, 2.05) is 0 Å². The third-order valence-corrected chi connectivity index (χ3v) is 4.36. The Balaban J connectivity index is 1.76. The number of nitrogens with zero attached hydrogens (tertiary/aromatic N) is 2. The molecule has 4 nitrogen and oxygen atoms in total. The molecule has 18 heavy (non-hydrogen) atoms. The van der Waals surface area contributed by atoms with Gasteiger partial charge in [-0.15, -0.1) is 0 Å². The number of piperidine rings is 1. The highest BCUT2D eigenvalue weighted by atomic mass is 16.2. The number of carbonyl (C=O) groups is 1. The van der Waals surface area contributed by atoms with Gasteiger partial charge in [-0.3, -0.25) is 9.69 Å². The van der Waals surface area contributed by atoms with E-state index in [1.54, 1.807) is 0 Å². The van der Waals surface area contributed by atoms with Gasteiger partial charge in [0.1, 0.15) is 0 Å². The molecule has 2 rings (SSSR count). The van der Waals surface area contributed by atoms with E-state index < -0.39 is 0 Å². The Hall–Kier alpha value is -0.610. The van der Waals surface area contributed by atoms with Gasteiger partial charge in [0.25, 0.3) is 0 Å². The Morgan fingerprint density at radius 1 is 1.11 bits per heavy atom. The Morgan fingerprint density at radius 2 is 1.83 bits per heavy atom. The lowest BCUT2D eigenvalue weighted by Crippen LogP contribution is -2.46. The zero-order chi connectivity index (χ0) is 13.0. The standard InChI is InChI=1S/C14H27N3O/c1-12-3-2-7-17(10-4-12)14(18)11-16-8-5-13(15)6-9-16/h12-13H,2-11,15H2,1H3. The number of amides is 1. The molecule has 1 amide bonds. The lowest BCUT2D eigenvalue weighted by Gasteiger charge is -2.31. The van der Waals surface area contributed by atoms with Crippen LogP contribution in [0.15, 0.2) is 0 Å². The van der Waals surface area contributed by atoms with Gasteiger partial charge in [0.15, 0.2) is 0 Å². The van der Waals surface area contributed by atoms with Gasteiger partial charge in [0.05, 0.1) is 6.54 Å². The van der Waals surface area contributed by atoms with Crippen LogP contribution in [0.25, 0.3) is 0 Å². The molecule has 0 bridgehead atoms.